The van der Waals surface area contributed by atoms with Gasteiger partial charge in [0.2, 0.25) is 0 Å². The summed E-state index contributed by atoms with van der Waals surface area (Å²) in [4.78, 5) is 0. The molecule has 0 amide bonds. The molecule has 0 unspecified atom stereocenters. The van der Waals surface area contributed by atoms with Gasteiger partial charge < -0.3 is 10.3 Å². The molecule has 0 heterocycles. The third-order valence-corrected chi connectivity index (χ3v) is 5.01. The van der Waals surface area contributed by atoms with Gasteiger partial charge in [-0.05, 0) is 38.0 Å². The number of rotatable bonds is 5. The largest absolute Gasteiger partial charge is 0.382 e. The van der Waals surface area contributed by atoms with E-state index in [2.05, 4.69) is 0 Å². The number of benzene rings is 2. The molecule has 0 fully saturated rings. The molecule has 0 bridgehead atoms. The summed E-state index contributed by atoms with van der Waals surface area (Å²) < 4.78 is 29.0. The van der Waals surface area contributed by atoms with Crippen LogP contribution in [0.1, 0.15) is 19.4 Å². The Morgan fingerprint density at radius 2 is 1.38 bits per heavy atom. The van der Waals surface area contributed by atoms with Gasteiger partial charge in [-0.15, -0.1) is 0 Å². The van der Waals surface area contributed by atoms with Crippen LogP contribution in [0.25, 0.3) is 0 Å². The van der Waals surface area contributed by atoms with Crippen LogP contribution in [-0.4, -0.2) is 13.2 Å². The van der Waals surface area contributed by atoms with Crippen LogP contribution in [0.5, 0.6) is 5.75 Å². The smallest absolute Gasteiger partial charge is 0.314 e. The van der Waals surface area contributed by atoms with Crippen LogP contribution >= 0.6 is 0 Å². The maximum Gasteiger partial charge on any atom is 0.314 e. The van der Waals surface area contributed by atoms with Gasteiger partial charge in [-0.1, -0.05) is 48.5 Å². The first-order chi connectivity index (χ1) is 9.41. The molecule has 0 atom stereocenters. The Bertz CT molecular complexity index is 652. The Morgan fingerprint density at radius 3 is 1.90 bits per heavy atom. The minimum Gasteiger partial charge on any atom is -0.382 e. The molecule has 0 aliphatic carbocycles. The molecule has 0 saturated heterocycles. The number of hydrogen-bond donors (Lipinski definition) is 1. The molecular formula is C16H21NO3S. The molecule has 21 heavy (non-hydrogen) atoms. The second kappa shape index (κ2) is 6.74. The van der Waals surface area contributed by atoms with Gasteiger partial charge in [0, 0.05) is 0 Å². The van der Waals surface area contributed by atoms with Crippen LogP contribution in [0.15, 0.2) is 60.7 Å². The zero-order chi connectivity index (χ0) is 14.6. The molecule has 2 rings (SSSR count). The lowest BCUT2D eigenvalue weighted by atomic mass is 10.0. The predicted octanol–water partition coefficient (Wildman–Crippen LogP) is 3.58. The molecule has 4 nitrogen and oxygen atoms in total. The molecule has 0 aliphatic heterocycles. The summed E-state index contributed by atoms with van der Waals surface area (Å²) in [5, 5.41) is 0. The third-order valence-electron chi connectivity index (χ3n) is 3.10. The van der Waals surface area contributed by atoms with E-state index in [0.717, 1.165) is 5.56 Å². The van der Waals surface area contributed by atoms with Crippen LogP contribution in [-0.2, 0) is 16.5 Å². The van der Waals surface area contributed by atoms with Crippen LogP contribution in [0, 0.1) is 0 Å². The van der Waals surface area contributed by atoms with Crippen molar-refractivity contribution >= 4 is 10.1 Å². The van der Waals surface area contributed by atoms with Gasteiger partial charge >= 0.3 is 10.1 Å². The van der Waals surface area contributed by atoms with E-state index in [1.54, 1.807) is 38.1 Å². The molecule has 5 heteroatoms. The first-order valence-electron chi connectivity index (χ1n) is 6.44. The number of hydrogen-bond acceptors (Lipinski definition) is 4. The van der Waals surface area contributed by atoms with E-state index in [4.69, 9.17) is 4.18 Å². The van der Waals surface area contributed by atoms with Crippen molar-refractivity contribution in [3.05, 3.63) is 66.2 Å². The summed E-state index contributed by atoms with van der Waals surface area (Å²) in [6, 6.07) is 18.1. The third kappa shape index (κ3) is 4.31. The van der Waals surface area contributed by atoms with Crippen molar-refractivity contribution in [1.82, 2.24) is 6.15 Å². The Balaban J connectivity index is 0.00000220. The summed E-state index contributed by atoms with van der Waals surface area (Å²) in [5.41, 5.74) is 0.970. The van der Waals surface area contributed by atoms with Crippen molar-refractivity contribution in [1.29, 1.82) is 0 Å². The van der Waals surface area contributed by atoms with Gasteiger partial charge in [-0.25, -0.2) is 0 Å². The minimum atomic E-state index is -3.71. The normalized spacial score (nSPS) is 11.5. The molecule has 0 saturated carbocycles. The Hall–Kier alpha value is -1.85. The van der Waals surface area contributed by atoms with Crippen molar-refractivity contribution in [2.45, 2.75) is 25.0 Å². The highest BCUT2D eigenvalue weighted by Gasteiger charge is 2.36. The summed E-state index contributed by atoms with van der Waals surface area (Å²) in [6.07, 6.45) is 0.406. The molecule has 2 aromatic rings. The quantitative estimate of drug-likeness (QED) is 0.856. The second-order valence-corrected chi connectivity index (χ2v) is 7.45. The van der Waals surface area contributed by atoms with E-state index in [1.807, 2.05) is 36.4 Å². The van der Waals surface area contributed by atoms with Gasteiger partial charge in [-0.3, -0.25) is 0 Å². The predicted molar refractivity (Wildman–Crippen MR) is 85.2 cm³/mol. The van der Waals surface area contributed by atoms with Crippen molar-refractivity contribution < 1.29 is 12.6 Å². The summed E-state index contributed by atoms with van der Waals surface area (Å²) in [5.74, 6) is 0.341. The Morgan fingerprint density at radius 1 is 0.905 bits per heavy atom. The van der Waals surface area contributed by atoms with E-state index < -0.39 is 14.9 Å². The monoisotopic (exact) mass is 307 g/mol. The van der Waals surface area contributed by atoms with E-state index in [9.17, 15) is 8.42 Å². The van der Waals surface area contributed by atoms with Crippen molar-refractivity contribution in [2.75, 3.05) is 0 Å². The first-order valence-corrected chi connectivity index (χ1v) is 7.84. The van der Waals surface area contributed by atoms with E-state index in [-0.39, 0.29) is 6.15 Å². The maximum atomic E-state index is 12.4. The first kappa shape index (κ1) is 17.2. The van der Waals surface area contributed by atoms with Gasteiger partial charge in [0.15, 0.2) is 0 Å². The topological polar surface area (TPSA) is 78.4 Å². The minimum absolute atomic E-state index is 0. The molecule has 3 N–H and O–H groups in total. The van der Waals surface area contributed by atoms with Crippen LogP contribution in [0.2, 0.25) is 0 Å². The molecule has 0 radical (unpaired) electrons. The molecular weight excluding hydrogens is 286 g/mol. The highest BCUT2D eigenvalue weighted by Crippen LogP contribution is 2.25. The Labute approximate surface area is 126 Å². The fraction of sp³-hybridized carbons (Fsp3) is 0.250. The van der Waals surface area contributed by atoms with E-state index in [1.165, 1.54) is 0 Å². The van der Waals surface area contributed by atoms with Crippen LogP contribution < -0.4 is 10.3 Å². The molecule has 0 aliphatic rings. The van der Waals surface area contributed by atoms with Gasteiger partial charge in [0.05, 0.1) is 0 Å². The lowest BCUT2D eigenvalue weighted by molar-refractivity contribution is 0.444. The highest BCUT2D eigenvalue weighted by molar-refractivity contribution is 7.88. The van der Waals surface area contributed by atoms with Gasteiger partial charge in [0.25, 0.3) is 0 Å². The standard InChI is InChI=1S/C16H18O3S.H3N/c1-16(2,13-14-9-5-3-6-10-14)20(17,18)19-15-11-7-4-8-12-15;/h3-12H,13H2,1-2H3;1H3. The fourth-order valence-electron chi connectivity index (χ4n) is 1.89. The summed E-state index contributed by atoms with van der Waals surface area (Å²) in [7, 11) is -3.71. The fourth-order valence-corrected chi connectivity index (χ4v) is 2.82. The molecule has 2 aromatic carbocycles. The number of para-hydroxylation sites is 1. The SMILES string of the molecule is CC(C)(Cc1ccccc1)S(=O)(=O)Oc1ccccc1.N. The Kier molecular flexibility index (Phi) is 5.52. The molecule has 114 valence electrons. The second-order valence-electron chi connectivity index (χ2n) is 5.27. The molecule has 0 aromatic heterocycles. The lowest BCUT2D eigenvalue weighted by Crippen LogP contribution is -2.37. The van der Waals surface area contributed by atoms with Crippen LogP contribution in [0.4, 0.5) is 0 Å². The van der Waals surface area contributed by atoms with E-state index in [0.29, 0.717) is 12.2 Å². The molecule has 0 spiro atoms. The zero-order valence-corrected chi connectivity index (χ0v) is 13.1. The van der Waals surface area contributed by atoms with Gasteiger partial charge in [-0.2, -0.15) is 8.42 Å². The van der Waals surface area contributed by atoms with Crippen molar-refractivity contribution in [2.24, 2.45) is 0 Å². The average Bonchev–Trinajstić information content (AvgIpc) is 2.40. The van der Waals surface area contributed by atoms with Crippen LogP contribution in [0.3, 0.4) is 0 Å². The maximum absolute atomic E-state index is 12.4. The highest BCUT2D eigenvalue weighted by atomic mass is 32.2. The van der Waals surface area contributed by atoms with E-state index >= 15 is 0 Å². The van der Waals surface area contributed by atoms with Crippen molar-refractivity contribution in [3.63, 3.8) is 0 Å². The summed E-state index contributed by atoms with van der Waals surface area (Å²) in [6.45, 7) is 3.36. The zero-order valence-electron chi connectivity index (χ0n) is 12.3. The van der Waals surface area contributed by atoms with Gasteiger partial charge in [0.1, 0.15) is 10.5 Å². The lowest BCUT2D eigenvalue weighted by Gasteiger charge is -2.24. The summed E-state index contributed by atoms with van der Waals surface area (Å²) >= 11 is 0. The average molecular weight is 307 g/mol. The van der Waals surface area contributed by atoms with Crippen molar-refractivity contribution in [3.8, 4) is 5.75 Å².